The van der Waals surface area contributed by atoms with Gasteiger partial charge in [-0.25, -0.2) is 4.79 Å². The van der Waals surface area contributed by atoms with Gasteiger partial charge in [0.25, 0.3) is 0 Å². The molecule has 29 heavy (non-hydrogen) atoms. The topological polar surface area (TPSA) is 118 Å². The van der Waals surface area contributed by atoms with Crippen LogP contribution in [0.3, 0.4) is 0 Å². The molecule has 164 valence electrons. The number of esters is 1. The number of rotatable bonds is 11. The Labute approximate surface area is 172 Å². The minimum Gasteiger partial charge on any atom is -0.461 e. The van der Waals surface area contributed by atoms with Gasteiger partial charge in [0.15, 0.2) is 5.71 Å². The van der Waals surface area contributed by atoms with Crippen molar-refractivity contribution in [1.29, 1.82) is 0 Å². The fraction of sp³-hybridized carbons (Fsp3) is 0.556. The first kappa shape index (κ1) is 25.3. The van der Waals surface area contributed by atoms with Crippen molar-refractivity contribution in [2.75, 3.05) is 12.8 Å². The third-order valence-electron chi connectivity index (χ3n) is 3.15. The summed E-state index contributed by atoms with van der Waals surface area (Å²) >= 11 is 0. The van der Waals surface area contributed by atoms with Crippen LogP contribution in [0.1, 0.15) is 40.2 Å². The summed E-state index contributed by atoms with van der Waals surface area (Å²) in [5.41, 5.74) is 0.337. The molecule has 0 heterocycles. The molecule has 11 heteroatoms. The molecule has 9 nitrogen and oxygen atoms in total. The van der Waals surface area contributed by atoms with Gasteiger partial charge >= 0.3 is 23.7 Å². The van der Waals surface area contributed by atoms with Gasteiger partial charge < -0.3 is 13.8 Å². The van der Waals surface area contributed by atoms with Crippen LogP contribution in [0.2, 0.25) is 0 Å². The van der Waals surface area contributed by atoms with E-state index in [9.17, 15) is 17.8 Å². The molecule has 1 aromatic rings. The molecule has 0 spiro atoms. The molecule has 1 aromatic carbocycles. The van der Waals surface area contributed by atoms with Gasteiger partial charge in [0.2, 0.25) is 0 Å². The van der Waals surface area contributed by atoms with Crippen LogP contribution >= 0.6 is 7.60 Å². The van der Waals surface area contributed by atoms with E-state index in [1.807, 2.05) is 0 Å². The first-order chi connectivity index (χ1) is 13.4. The van der Waals surface area contributed by atoms with E-state index in [0.717, 1.165) is 5.56 Å². The maximum atomic E-state index is 13.0. The smallest absolute Gasteiger partial charge is 0.358 e. The molecule has 0 amide bonds. The van der Waals surface area contributed by atoms with Crippen LogP contribution in [0.5, 0.6) is 0 Å². The van der Waals surface area contributed by atoms with Crippen molar-refractivity contribution >= 4 is 29.4 Å². The summed E-state index contributed by atoms with van der Waals surface area (Å²) in [6.07, 6.45) is -1.55. The van der Waals surface area contributed by atoms with E-state index >= 15 is 0 Å². The Bertz CT molecular complexity index is 848. The predicted octanol–water partition coefficient (Wildman–Crippen LogP) is 3.66. The summed E-state index contributed by atoms with van der Waals surface area (Å²) in [4.78, 5) is 12.1. The second-order valence-corrected chi connectivity index (χ2v) is 10.2. The zero-order chi connectivity index (χ0) is 22.2. The van der Waals surface area contributed by atoms with Crippen molar-refractivity contribution in [3.8, 4) is 0 Å². The van der Waals surface area contributed by atoms with Crippen molar-refractivity contribution in [3.63, 3.8) is 0 Å². The quantitative estimate of drug-likeness (QED) is 0.217. The molecule has 0 atom stereocenters. The van der Waals surface area contributed by atoms with Gasteiger partial charge in [0, 0.05) is 0 Å². The highest BCUT2D eigenvalue weighted by Gasteiger charge is 2.34. The predicted molar refractivity (Wildman–Crippen MR) is 108 cm³/mol. The van der Waals surface area contributed by atoms with Gasteiger partial charge in [-0.15, -0.1) is 0 Å². The number of ether oxygens (including phenoxy) is 1. The normalized spacial score (nSPS) is 13.0. The Morgan fingerprint density at radius 1 is 1.07 bits per heavy atom. The lowest BCUT2D eigenvalue weighted by Crippen LogP contribution is -2.25. The Balaban J connectivity index is 3.20. The second kappa shape index (κ2) is 10.9. The lowest BCUT2D eigenvalue weighted by molar-refractivity contribution is -0.135. The molecule has 0 N–H and O–H groups in total. The average Bonchev–Trinajstić information content (AvgIpc) is 2.57. The number of carbonyl (C=O) groups is 1. The van der Waals surface area contributed by atoms with E-state index < -0.39 is 47.8 Å². The molecule has 0 unspecified atom stereocenters. The number of carbonyl (C=O) groups excluding carboxylic acids is 1. The summed E-state index contributed by atoms with van der Waals surface area (Å²) in [7, 11) is -8.12. The van der Waals surface area contributed by atoms with Crippen LogP contribution in [0.15, 0.2) is 34.3 Å². The van der Waals surface area contributed by atoms with Gasteiger partial charge in [-0.1, -0.05) is 22.9 Å². The monoisotopic (exact) mass is 449 g/mol. The zero-order valence-corrected chi connectivity index (χ0v) is 19.2. The Kier molecular flexibility index (Phi) is 9.48. The molecule has 0 aliphatic heterocycles. The van der Waals surface area contributed by atoms with Crippen LogP contribution in [-0.4, -0.2) is 45.1 Å². The summed E-state index contributed by atoms with van der Waals surface area (Å²) in [5.74, 6) is -0.980. The summed E-state index contributed by atoms with van der Waals surface area (Å²) in [6.45, 7) is 9.96. The minimum absolute atomic E-state index is 0.00292. The number of oxime groups is 1. The van der Waals surface area contributed by atoms with Gasteiger partial charge in [0.05, 0.1) is 18.8 Å². The average molecular weight is 449 g/mol. The molecule has 0 aliphatic carbocycles. The van der Waals surface area contributed by atoms with Crippen molar-refractivity contribution in [2.45, 2.75) is 58.6 Å². The largest absolute Gasteiger partial charge is 0.461 e. The molecule has 0 saturated heterocycles. The number of benzene rings is 1. The van der Waals surface area contributed by atoms with Gasteiger partial charge in [-0.3, -0.25) is 8.85 Å². The molecular weight excluding hydrogens is 421 g/mol. The van der Waals surface area contributed by atoms with E-state index in [-0.39, 0.29) is 11.5 Å². The van der Waals surface area contributed by atoms with Crippen molar-refractivity contribution in [1.82, 2.24) is 0 Å². The third kappa shape index (κ3) is 8.65. The lowest BCUT2D eigenvalue weighted by Gasteiger charge is -2.22. The Hall–Kier alpha value is -1.74. The van der Waals surface area contributed by atoms with Crippen LogP contribution in [0.4, 0.5) is 0 Å². The zero-order valence-electron chi connectivity index (χ0n) is 17.4. The van der Waals surface area contributed by atoms with E-state index in [1.165, 1.54) is 12.1 Å². The summed E-state index contributed by atoms with van der Waals surface area (Å²) in [6, 6.07) is 5.87. The molecule has 0 bridgehead atoms. The van der Waals surface area contributed by atoms with Crippen molar-refractivity contribution in [3.05, 3.63) is 29.8 Å². The number of hydrogen-bond donors (Lipinski definition) is 0. The maximum absolute atomic E-state index is 13.0. The van der Waals surface area contributed by atoms with E-state index in [1.54, 1.807) is 53.7 Å². The fourth-order valence-electron chi connectivity index (χ4n) is 2.11. The summed E-state index contributed by atoms with van der Waals surface area (Å²) in [5, 5.41) is 3.43. The molecule has 0 fully saturated rings. The first-order valence-corrected chi connectivity index (χ1v) is 12.2. The lowest BCUT2D eigenvalue weighted by atomic mass is 10.2. The minimum atomic E-state index is -4.29. The molecule has 0 radical (unpaired) electrons. The molecule has 1 rings (SSSR count). The number of nitrogens with zero attached hydrogens (tertiary/aromatic N) is 1. The van der Waals surface area contributed by atoms with Crippen LogP contribution in [0.25, 0.3) is 0 Å². The van der Waals surface area contributed by atoms with Crippen molar-refractivity contribution < 1.29 is 35.8 Å². The fourth-order valence-corrected chi connectivity index (χ4v) is 4.89. The van der Waals surface area contributed by atoms with Gasteiger partial charge in [-0.05, 0) is 53.7 Å². The maximum Gasteiger partial charge on any atom is 0.358 e. The standard InChI is InChI=1S/C18H28NO8PS/c1-7-24-18(20)17(12-28(21,25-13(2)3)26-14(4)5)19-27-29(22,23)16-10-8-15(6)9-11-16/h8-11,13-14H,7,12H2,1-6H3/b19-17-. The third-order valence-corrected chi connectivity index (χ3v) is 6.45. The van der Waals surface area contributed by atoms with Crippen LogP contribution in [0, 0.1) is 6.92 Å². The summed E-state index contributed by atoms with van der Waals surface area (Å²) < 4.78 is 58.0. The Morgan fingerprint density at radius 3 is 2.03 bits per heavy atom. The highest BCUT2D eigenvalue weighted by atomic mass is 32.2. The molecule has 0 aliphatic rings. The molecule has 0 aromatic heterocycles. The number of aryl methyl sites for hydroxylation is 1. The molecule has 0 saturated carbocycles. The van der Waals surface area contributed by atoms with Gasteiger partial charge in [-0.2, -0.15) is 8.42 Å². The van der Waals surface area contributed by atoms with Crippen LogP contribution in [-0.2, 0) is 37.5 Å². The second-order valence-electron chi connectivity index (χ2n) is 6.68. The first-order valence-electron chi connectivity index (χ1n) is 9.08. The van der Waals surface area contributed by atoms with E-state index in [0.29, 0.717) is 0 Å². The highest BCUT2D eigenvalue weighted by Crippen LogP contribution is 2.50. The van der Waals surface area contributed by atoms with Crippen LogP contribution < -0.4 is 0 Å². The van der Waals surface area contributed by atoms with E-state index in [2.05, 4.69) is 9.44 Å². The number of hydrogen-bond acceptors (Lipinski definition) is 9. The highest BCUT2D eigenvalue weighted by molar-refractivity contribution is 7.86. The SMILES string of the molecule is CCOC(=O)/C(CP(=O)(OC(C)C)OC(C)C)=N\OS(=O)(=O)c1ccc(C)cc1. The van der Waals surface area contributed by atoms with E-state index in [4.69, 9.17) is 13.8 Å². The molecular formula is C18H28NO8PS. The van der Waals surface area contributed by atoms with Crippen molar-refractivity contribution in [2.24, 2.45) is 5.16 Å². The van der Waals surface area contributed by atoms with Gasteiger partial charge in [0.1, 0.15) is 11.1 Å². The Morgan fingerprint density at radius 2 is 1.59 bits per heavy atom.